The van der Waals surface area contributed by atoms with Gasteiger partial charge in [0, 0.05) is 26.5 Å². The molecule has 0 bridgehead atoms. The van der Waals surface area contributed by atoms with Gasteiger partial charge in [-0.25, -0.2) is 4.98 Å². The number of nitriles is 1. The smallest absolute Gasteiger partial charge is 0.129 e. The Balaban J connectivity index is 2.18. The second-order valence-corrected chi connectivity index (χ2v) is 4.82. The number of nitrogens with two attached hydrogens (primary N) is 1. The topological polar surface area (TPSA) is 70.9 Å². The van der Waals surface area contributed by atoms with Crippen molar-refractivity contribution in [2.75, 3.05) is 17.7 Å². The third-order valence-corrected chi connectivity index (χ3v) is 3.69. The molecule has 0 fully saturated rings. The summed E-state index contributed by atoms with van der Waals surface area (Å²) in [5.74, 6) is 0.970. The highest BCUT2D eigenvalue weighted by Gasteiger charge is 2.11. The van der Waals surface area contributed by atoms with E-state index in [0.29, 0.717) is 17.1 Å². The maximum Gasteiger partial charge on any atom is 0.129 e. The van der Waals surface area contributed by atoms with Gasteiger partial charge in [0.05, 0.1) is 17.2 Å². The van der Waals surface area contributed by atoms with Crippen molar-refractivity contribution in [1.29, 1.82) is 5.26 Å². The minimum atomic E-state index is 0.541. The molecule has 5 nitrogen and oxygen atoms in total. The molecule has 0 saturated heterocycles. The first kappa shape index (κ1) is 11.5. The summed E-state index contributed by atoms with van der Waals surface area (Å²) < 4.78 is 1.97. The standard InChI is InChI=1S/C11H13N5S/c1-15-4-3-14-10(15)7-16(2)11-5-8(13)9(6-12)17-11/h3-5H,7,13H2,1-2H3. The van der Waals surface area contributed by atoms with Crippen LogP contribution in [0.25, 0.3) is 0 Å². The first-order valence-corrected chi connectivity index (χ1v) is 5.90. The van der Waals surface area contributed by atoms with Crippen molar-refractivity contribution < 1.29 is 0 Å². The second-order valence-electron chi connectivity index (χ2n) is 3.79. The summed E-state index contributed by atoms with van der Waals surface area (Å²) in [6.45, 7) is 0.689. The number of hydrogen-bond acceptors (Lipinski definition) is 5. The Labute approximate surface area is 104 Å². The molecule has 0 saturated carbocycles. The zero-order chi connectivity index (χ0) is 12.4. The van der Waals surface area contributed by atoms with Crippen molar-refractivity contribution >= 4 is 22.0 Å². The number of aryl methyl sites for hydroxylation is 1. The van der Waals surface area contributed by atoms with Crippen LogP contribution >= 0.6 is 11.3 Å². The number of nitrogen functional groups attached to an aromatic ring is 1. The van der Waals surface area contributed by atoms with Crippen LogP contribution in [0.15, 0.2) is 18.5 Å². The number of aromatic nitrogens is 2. The number of thiophene rings is 1. The van der Waals surface area contributed by atoms with E-state index in [1.165, 1.54) is 11.3 Å². The molecule has 2 N–H and O–H groups in total. The molecule has 0 aliphatic heterocycles. The van der Waals surface area contributed by atoms with Gasteiger partial charge in [-0.3, -0.25) is 0 Å². The molecule has 0 spiro atoms. The SMILES string of the molecule is CN(Cc1nccn1C)c1cc(N)c(C#N)s1. The summed E-state index contributed by atoms with van der Waals surface area (Å²) in [5.41, 5.74) is 6.27. The van der Waals surface area contributed by atoms with Crippen LogP contribution in [0.3, 0.4) is 0 Å². The van der Waals surface area contributed by atoms with Crippen LogP contribution in [0, 0.1) is 11.3 Å². The van der Waals surface area contributed by atoms with Crippen molar-refractivity contribution in [3.05, 3.63) is 29.2 Å². The van der Waals surface area contributed by atoms with Gasteiger partial charge in [0.1, 0.15) is 16.8 Å². The molecule has 2 rings (SSSR count). The number of imidazole rings is 1. The van der Waals surface area contributed by atoms with Gasteiger partial charge in [0.25, 0.3) is 0 Å². The Kier molecular flexibility index (Phi) is 3.02. The van der Waals surface area contributed by atoms with Crippen LogP contribution in [0.2, 0.25) is 0 Å². The van der Waals surface area contributed by atoms with E-state index in [1.54, 1.807) is 6.20 Å². The minimum absolute atomic E-state index is 0.541. The molecule has 17 heavy (non-hydrogen) atoms. The van der Waals surface area contributed by atoms with Crippen molar-refractivity contribution in [2.24, 2.45) is 7.05 Å². The largest absolute Gasteiger partial charge is 0.397 e. The first-order valence-electron chi connectivity index (χ1n) is 5.08. The fourth-order valence-electron chi connectivity index (χ4n) is 1.51. The summed E-state index contributed by atoms with van der Waals surface area (Å²) in [5, 5.41) is 9.83. The van der Waals surface area contributed by atoms with Gasteiger partial charge in [-0.05, 0) is 6.07 Å². The summed E-state index contributed by atoms with van der Waals surface area (Å²) in [4.78, 5) is 6.85. The average molecular weight is 247 g/mol. The van der Waals surface area contributed by atoms with E-state index in [9.17, 15) is 0 Å². The third-order valence-electron chi connectivity index (χ3n) is 2.53. The number of rotatable bonds is 3. The Morgan fingerprint density at radius 3 is 2.94 bits per heavy atom. The van der Waals surface area contributed by atoms with E-state index in [-0.39, 0.29) is 0 Å². The fraction of sp³-hybridized carbons (Fsp3) is 0.273. The van der Waals surface area contributed by atoms with Crippen LogP contribution in [-0.2, 0) is 13.6 Å². The molecule has 2 aromatic rings. The van der Waals surface area contributed by atoms with Gasteiger partial charge in [-0.15, -0.1) is 11.3 Å². The molecule has 2 aromatic heterocycles. The summed E-state index contributed by atoms with van der Waals surface area (Å²) in [7, 11) is 3.92. The number of anilines is 2. The third kappa shape index (κ3) is 2.24. The Bertz CT molecular complexity index is 563. The average Bonchev–Trinajstić information content (AvgIpc) is 2.86. The highest BCUT2D eigenvalue weighted by molar-refractivity contribution is 7.17. The van der Waals surface area contributed by atoms with Crippen molar-refractivity contribution in [3.8, 4) is 6.07 Å². The van der Waals surface area contributed by atoms with Crippen LogP contribution in [0.1, 0.15) is 10.7 Å². The summed E-state index contributed by atoms with van der Waals surface area (Å²) in [6.07, 6.45) is 3.68. The van der Waals surface area contributed by atoms with Gasteiger partial charge in [-0.2, -0.15) is 5.26 Å². The highest BCUT2D eigenvalue weighted by atomic mass is 32.1. The molecular formula is C11H13N5S. The lowest BCUT2D eigenvalue weighted by Crippen LogP contribution is -2.17. The van der Waals surface area contributed by atoms with Gasteiger partial charge in [0.15, 0.2) is 0 Å². The Morgan fingerprint density at radius 2 is 2.41 bits per heavy atom. The van der Waals surface area contributed by atoms with Crippen molar-refractivity contribution in [3.63, 3.8) is 0 Å². The Hall–Kier alpha value is -2.00. The molecule has 0 aliphatic carbocycles. The Morgan fingerprint density at radius 1 is 1.65 bits per heavy atom. The van der Waals surface area contributed by atoms with Gasteiger partial charge in [-0.1, -0.05) is 0 Å². The lowest BCUT2D eigenvalue weighted by atomic mass is 10.4. The molecule has 0 radical (unpaired) electrons. The molecule has 6 heteroatoms. The van der Waals surface area contributed by atoms with E-state index in [0.717, 1.165) is 10.8 Å². The zero-order valence-corrected chi connectivity index (χ0v) is 10.5. The fourth-order valence-corrected chi connectivity index (χ4v) is 2.34. The molecule has 0 aliphatic rings. The molecule has 88 valence electrons. The van der Waals surface area contributed by atoms with Crippen LogP contribution < -0.4 is 10.6 Å². The molecule has 2 heterocycles. The lowest BCUT2D eigenvalue weighted by molar-refractivity contribution is 0.765. The van der Waals surface area contributed by atoms with E-state index in [2.05, 4.69) is 11.1 Å². The predicted octanol–water partition coefficient (Wildman–Crippen LogP) is 1.57. The van der Waals surface area contributed by atoms with E-state index >= 15 is 0 Å². The lowest BCUT2D eigenvalue weighted by Gasteiger charge is -2.16. The van der Waals surface area contributed by atoms with E-state index < -0.39 is 0 Å². The normalized spacial score (nSPS) is 10.2. The van der Waals surface area contributed by atoms with Crippen molar-refractivity contribution in [2.45, 2.75) is 6.54 Å². The maximum atomic E-state index is 8.86. The first-order chi connectivity index (χ1) is 8.11. The van der Waals surface area contributed by atoms with Crippen LogP contribution in [-0.4, -0.2) is 16.6 Å². The van der Waals surface area contributed by atoms with Gasteiger partial charge < -0.3 is 15.2 Å². The molecule has 0 atom stereocenters. The second kappa shape index (κ2) is 4.47. The van der Waals surface area contributed by atoms with E-state index in [4.69, 9.17) is 11.0 Å². The highest BCUT2D eigenvalue weighted by Crippen LogP contribution is 2.31. The summed E-state index contributed by atoms with van der Waals surface area (Å²) >= 11 is 1.40. The van der Waals surface area contributed by atoms with Crippen molar-refractivity contribution in [1.82, 2.24) is 9.55 Å². The number of hydrogen-bond donors (Lipinski definition) is 1. The summed E-state index contributed by atoms with van der Waals surface area (Å²) in [6, 6.07) is 3.91. The van der Waals surface area contributed by atoms with Crippen LogP contribution in [0.5, 0.6) is 0 Å². The number of nitrogens with zero attached hydrogens (tertiary/aromatic N) is 4. The predicted molar refractivity (Wildman–Crippen MR) is 68.8 cm³/mol. The minimum Gasteiger partial charge on any atom is -0.397 e. The van der Waals surface area contributed by atoms with Crippen LogP contribution in [0.4, 0.5) is 10.7 Å². The maximum absolute atomic E-state index is 8.86. The quantitative estimate of drug-likeness (QED) is 0.893. The van der Waals surface area contributed by atoms with E-state index in [1.807, 2.05) is 35.8 Å². The molecule has 0 unspecified atom stereocenters. The van der Waals surface area contributed by atoms with Gasteiger partial charge in [0.2, 0.25) is 0 Å². The molecule has 0 aromatic carbocycles. The molecule has 0 amide bonds. The van der Waals surface area contributed by atoms with Gasteiger partial charge >= 0.3 is 0 Å². The zero-order valence-electron chi connectivity index (χ0n) is 9.71. The molecular weight excluding hydrogens is 234 g/mol. The monoisotopic (exact) mass is 247 g/mol.